The van der Waals surface area contributed by atoms with Crippen molar-refractivity contribution in [3.63, 3.8) is 0 Å². The maximum absolute atomic E-state index is 12.5. The Balaban J connectivity index is 1.77. The van der Waals surface area contributed by atoms with Gasteiger partial charge in [-0.25, -0.2) is 5.10 Å². The van der Waals surface area contributed by atoms with Crippen LogP contribution in [-0.4, -0.2) is 37.4 Å². The van der Waals surface area contributed by atoms with Crippen LogP contribution in [0.15, 0.2) is 41.2 Å². The number of hydrogen-bond donors (Lipinski definition) is 2. The van der Waals surface area contributed by atoms with Gasteiger partial charge in [0.25, 0.3) is 5.56 Å². The van der Waals surface area contributed by atoms with Crippen molar-refractivity contribution in [2.75, 3.05) is 21.3 Å². The third-order valence-electron chi connectivity index (χ3n) is 4.37. The molecule has 3 aromatic rings. The standard InChI is InChI=1S/C20H21N3O5/c1-26-16-10-18(28-3)17(27-2)8-12(16)11-21-19(24)9-15-13-6-4-5-7-14(13)20(25)23-22-15/h4-8,10H,9,11H2,1-3H3,(H,21,24)(H,23,25). The summed E-state index contributed by atoms with van der Waals surface area (Å²) in [5.41, 5.74) is 0.967. The molecule has 0 aliphatic rings. The van der Waals surface area contributed by atoms with E-state index in [0.29, 0.717) is 33.7 Å². The number of amides is 1. The summed E-state index contributed by atoms with van der Waals surface area (Å²) >= 11 is 0. The van der Waals surface area contributed by atoms with E-state index in [1.165, 1.54) is 0 Å². The van der Waals surface area contributed by atoms with Crippen LogP contribution in [0, 0.1) is 0 Å². The first-order chi connectivity index (χ1) is 13.6. The highest BCUT2D eigenvalue weighted by atomic mass is 16.5. The SMILES string of the molecule is COc1cc(OC)c(OC)cc1CNC(=O)Cc1n[nH]c(=O)c2ccccc12. The van der Waals surface area contributed by atoms with Crippen molar-refractivity contribution in [1.82, 2.24) is 15.5 Å². The molecule has 2 aromatic carbocycles. The average molecular weight is 383 g/mol. The van der Waals surface area contributed by atoms with Crippen molar-refractivity contribution in [3.8, 4) is 17.2 Å². The third kappa shape index (κ3) is 3.90. The van der Waals surface area contributed by atoms with Crippen LogP contribution in [0.5, 0.6) is 17.2 Å². The number of carbonyl (C=O) groups excluding carboxylic acids is 1. The van der Waals surface area contributed by atoms with Crippen molar-refractivity contribution in [3.05, 3.63) is 58.0 Å². The zero-order chi connectivity index (χ0) is 20.1. The smallest absolute Gasteiger partial charge is 0.272 e. The first-order valence-electron chi connectivity index (χ1n) is 8.59. The normalized spacial score (nSPS) is 10.5. The van der Waals surface area contributed by atoms with Crippen molar-refractivity contribution in [1.29, 1.82) is 0 Å². The molecule has 8 heteroatoms. The van der Waals surface area contributed by atoms with Gasteiger partial charge in [0.15, 0.2) is 11.5 Å². The molecule has 3 rings (SSSR count). The zero-order valence-corrected chi connectivity index (χ0v) is 15.9. The number of H-pyrrole nitrogens is 1. The Morgan fingerprint density at radius 2 is 1.64 bits per heavy atom. The number of methoxy groups -OCH3 is 3. The van der Waals surface area contributed by atoms with Crippen LogP contribution in [-0.2, 0) is 17.8 Å². The minimum Gasteiger partial charge on any atom is -0.496 e. The fraction of sp³-hybridized carbons (Fsp3) is 0.250. The predicted octanol–water partition coefficient (Wildman–Crippen LogP) is 1.81. The van der Waals surface area contributed by atoms with Gasteiger partial charge < -0.3 is 19.5 Å². The van der Waals surface area contributed by atoms with E-state index in [2.05, 4.69) is 15.5 Å². The summed E-state index contributed by atoms with van der Waals surface area (Å²) in [4.78, 5) is 24.3. The lowest BCUT2D eigenvalue weighted by Gasteiger charge is -2.14. The highest BCUT2D eigenvalue weighted by molar-refractivity contribution is 5.88. The first-order valence-corrected chi connectivity index (χ1v) is 8.59. The number of hydrogen-bond acceptors (Lipinski definition) is 6. The minimum absolute atomic E-state index is 0.0346. The van der Waals surface area contributed by atoms with E-state index >= 15 is 0 Å². The molecule has 0 saturated heterocycles. The lowest BCUT2D eigenvalue weighted by Crippen LogP contribution is -2.26. The summed E-state index contributed by atoms with van der Waals surface area (Å²) in [7, 11) is 4.63. The molecule has 28 heavy (non-hydrogen) atoms. The third-order valence-corrected chi connectivity index (χ3v) is 4.37. The molecule has 0 aliphatic carbocycles. The summed E-state index contributed by atoms with van der Waals surface area (Å²) in [5, 5.41) is 10.5. The monoisotopic (exact) mass is 383 g/mol. The Labute approximate surface area is 161 Å². The maximum Gasteiger partial charge on any atom is 0.272 e. The van der Waals surface area contributed by atoms with Crippen LogP contribution in [0.2, 0.25) is 0 Å². The van der Waals surface area contributed by atoms with Crippen molar-refractivity contribution in [2.45, 2.75) is 13.0 Å². The van der Waals surface area contributed by atoms with Gasteiger partial charge in [-0.1, -0.05) is 18.2 Å². The van der Waals surface area contributed by atoms with Crippen LogP contribution in [0.4, 0.5) is 0 Å². The lowest BCUT2D eigenvalue weighted by molar-refractivity contribution is -0.120. The summed E-state index contributed by atoms with van der Waals surface area (Å²) in [6, 6.07) is 10.5. The van der Waals surface area contributed by atoms with Crippen LogP contribution in [0.3, 0.4) is 0 Å². The van der Waals surface area contributed by atoms with E-state index in [4.69, 9.17) is 14.2 Å². The first kappa shape index (κ1) is 19.2. The van der Waals surface area contributed by atoms with Gasteiger partial charge in [0.1, 0.15) is 5.75 Å². The van der Waals surface area contributed by atoms with Gasteiger partial charge in [-0.15, -0.1) is 0 Å². The molecule has 146 valence electrons. The van der Waals surface area contributed by atoms with Crippen LogP contribution < -0.4 is 25.1 Å². The second kappa shape index (κ2) is 8.43. The predicted molar refractivity (Wildman–Crippen MR) is 104 cm³/mol. The second-order valence-corrected chi connectivity index (χ2v) is 6.02. The molecular weight excluding hydrogens is 362 g/mol. The van der Waals surface area contributed by atoms with Gasteiger partial charge in [-0.3, -0.25) is 9.59 Å². The van der Waals surface area contributed by atoms with Crippen molar-refractivity contribution < 1.29 is 19.0 Å². The van der Waals surface area contributed by atoms with E-state index in [1.807, 2.05) is 0 Å². The molecule has 0 fully saturated rings. The Hall–Kier alpha value is -3.55. The Morgan fingerprint density at radius 1 is 1.00 bits per heavy atom. The quantitative estimate of drug-likeness (QED) is 0.645. The number of carbonyl (C=O) groups is 1. The Morgan fingerprint density at radius 3 is 2.32 bits per heavy atom. The fourth-order valence-electron chi connectivity index (χ4n) is 2.95. The van der Waals surface area contributed by atoms with E-state index in [-0.39, 0.29) is 24.4 Å². The molecule has 0 aliphatic heterocycles. The lowest BCUT2D eigenvalue weighted by atomic mass is 10.1. The molecule has 0 spiro atoms. The van der Waals surface area contributed by atoms with Gasteiger partial charge in [0.2, 0.25) is 5.91 Å². The van der Waals surface area contributed by atoms with E-state index in [9.17, 15) is 9.59 Å². The fourth-order valence-corrected chi connectivity index (χ4v) is 2.95. The Kier molecular flexibility index (Phi) is 5.78. The van der Waals surface area contributed by atoms with Gasteiger partial charge in [0.05, 0.1) is 38.8 Å². The number of fused-ring (bicyclic) bond motifs is 1. The molecule has 0 bridgehead atoms. The molecule has 0 atom stereocenters. The number of aromatic nitrogens is 2. The van der Waals surface area contributed by atoms with Gasteiger partial charge in [-0.2, -0.15) is 5.10 Å². The van der Waals surface area contributed by atoms with E-state index < -0.39 is 0 Å². The molecule has 2 N–H and O–H groups in total. The Bertz CT molecular complexity index is 1060. The summed E-state index contributed by atoms with van der Waals surface area (Å²) < 4.78 is 15.9. The largest absolute Gasteiger partial charge is 0.496 e. The van der Waals surface area contributed by atoms with Crippen LogP contribution in [0.1, 0.15) is 11.3 Å². The van der Waals surface area contributed by atoms with Crippen molar-refractivity contribution >= 4 is 16.7 Å². The van der Waals surface area contributed by atoms with E-state index in [1.54, 1.807) is 57.7 Å². The number of rotatable bonds is 7. The summed E-state index contributed by atoms with van der Waals surface area (Å²) in [6.45, 7) is 0.240. The zero-order valence-electron chi connectivity index (χ0n) is 15.9. The van der Waals surface area contributed by atoms with Gasteiger partial charge in [-0.05, 0) is 12.1 Å². The van der Waals surface area contributed by atoms with Crippen LogP contribution in [0.25, 0.3) is 10.8 Å². The summed E-state index contributed by atoms with van der Waals surface area (Å²) in [6.07, 6.45) is 0.0346. The second-order valence-electron chi connectivity index (χ2n) is 6.02. The van der Waals surface area contributed by atoms with E-state index in [0.717, 1.165) is 5.56 Å². The average Bonchev–Trinajstić information content (AvgIpc) is 2.73. The molecule has 0 unspecified atom stereocenters. The molecule has 1 aromatic heterocycles. The van der Waals surface area contributed by atoms with Gasteiger partial charge in [0, 0.05) is 23.6 Å². The number of nitrogens with zero attached hydrogens (tertiary/aromatic N) is 1. The molecule has 0 radical (unpaired) electrons. The molecule has 0 saturated carbocycles. The molecular formula is C20H21N3O5. The minimum atomic E-state index is -0.283. The van der Waals surface area contributed by atoms with Crippen LogP contribution >= 0.6 is 0 Å². The number of nitrogens with one attached hydrogen (secondary N) is 2. The maximum atomic E-state index is 12.5. The number of ether oxygens (including phenoxy) is 3. The van der Waals surface area contributed by atoms with Crippen molar-refractivity contribution in [2.24, 2.45) is 0 Å². The number of aromatic amines is 1. The molecule has 1 heterocycles. The molecule has 8 nitrogen and oxygen atoms in total. The summed E-state index contributed by atoms with van der Waals surface area (Å²) in [5.74, 6) is 1.42. The highest BCUT2D eigenvalue weighted by Gasteiger charge is 2.14. The highest BCUT2D eigenvalue weighted by Crippen LogP contribution is 2.34. The van der Waals surface area contributed by atoms with Gasteiger partial charge >= 0.3 is 0 Å². The number of benzene rings is 2. The molecule has 1 amide bonds. The topological polar surface area (TPSA) is 103 Å².